The first-order chi connectivity index (χ1) is 17.4. The quantitative estimate of drug-likeness (QED) is 0.315. The van der Waals surface area contributed by atoms with Gasteiger partial charge in [0.2, 0.25) is 0 Å². The Morgan fingerprint density at radius 1 is 0.889 bits per heavy atom. The average Bonchev–Trinajstić information content (AvgIpc) is 2.89. The molecule has 0 bridgehead atoms. The van der Waals surface area contributed by atoms with Gasteiger partial charge in [0.1, 0.15) is 5.75 Å². The van der Waals surface area contributed by atoms with Gasteiger partial charge in [-0.25, -0.2) is 8.42 Å². The Labute approximate surface area is 215 Å². The summed E-state index contributed by atoms with van der Waals surface area (Å²) in [7, 11) is -3.90. The van der Waals surface area contributed by atoms with Crippen LogP contribution in [0.4, 0.5) is 11.4 Å². The number of anilines is 2. The normalized spacial score (nSPS) is 13.1. The predicted octanol–water partition coefficient (Wildman–Crippen LogP) is 6.53. The molecule has 36 heavy (non-hydrogen) atoms. The number of amides is 1. The lowest BCUT2D eigenvalue weighted by molar-refractivity contribution is 0.0985. The molecule has 5 rings (SSSR count). The first-order valence-corrected chi connectivity index (χ1v) is 13.3. The van der Waals surface area contributed by atoms with Crippen LogP contribution >= 0.6 is 11.6 Å². The fraction of sp³-hybridized carbons (Fsp3) is 0.107. The highest BCUT2D eigenvalue weighted by molar-refractivity contribution is 7.92. The first-order valence-electron chi connectivity index (χ1n) is 11.5. The van der Waals surface area contributed by atoms with Gasteiger partial charge in [0.15, 0.2) is 5.75 Å². The molecule has 0 aliphatic carbocycles. The zero-order valence-electron chi connectivity index (χ0n) is 19.2. The van der Waals surface area contributed by atoms with Crippen LogP contribution in [0.1, 0.15) is 22.3 Å². The molecule has 4 aromatic carbocycles. The second kappa shape index (κ2) is 10.0. The number of ether oxygens (including phenoxy) is 1. The minimum Gasteiger partial charge on any atom is -0.455 e. The van der Waals surface area contributed by atoms with Crippen molar-refractivity contribution in [1.82, 2.24) is 0 Å². The molecule has 1 aliphatic heterocycles. The Morgan fingerprint density at radius 2 is 1.61 bits per heavy atom. The van der Waals surface area contributed by atoms with E-state index in [-0.39, 0.29) is 10.8 Å². The van der Waals surface area contributed by atoms with Gasteiger partial charge in [-0.05, 0) is 85.1 Å². The molecule has 4 aromatic rings. The molecule has 0 spiro atoms. The summed E-state index contributed by atoms with van der Waals surface area (Å²) < 4.78 is 35.1. The molecule has 182 valence electrons. The van der Waals surface area contributed by atoms with Crippen LogP contribution in [0, 0.1) is 0 Å². The molecule has 6 nitrogen and oxygen atoms in total. The van der Waals surface area contributed by atoms with E-state index in [1.807, 2.05) is 18.2 Å². The number of para-hydroxylation sites is 3. The monoisotopic (exact) mass is 518 g/mol. The molecular formula is C28H23ClN2O4S. The number of fused-ring (bicyclic) bond motifs is 1. The van der Waals surface area contributed by atoms with E-state index in [9.17, 15) is 13.2 Å². The third kappa shape index (κ3) is 5.08. The second-order valence-electron chi connectivity index (χ2n) is 8.37. The largest absolute Gasteiger partial charge is 0.455 e. The number of hydrogen-bond donors (Lipinski definition) is 1. The van der Waals surface area contributed by atoms with Gasteiger partial charge in [0, 0.05) is 22.8 Å². The summed E-state index contributed by atoms with van der Waals surface area (Å²) >= 11 is 5.96. The van der Waals surface area contributed by atoms with E-state index in [1.165, 1.54) is 6.07 Å². The van der Waals surface area contributed by atoms with Crippen molar-refractivity contribution in [1.29, 1.82) is 0 Å². The average molecular weight is 519 g/mol. The smallest absolute Gasteiger partial charge is 0.262 e. The van der Waals surface area contributed by atoms with E-state index < -0.39 is 10.0 Å². The molecule has 0 aromatic heterocycles. The Balaban J connectivity index is 1.40. The van der Waals surface area contributed by atoms with Gasteiger partial charge < -0.3 is 9.64 Å². The molecular weight excluding hydrogens is 496 g/mol. The van der Waals surface area contributed by atoms with Gasteiger partial charge in [-0.2, -0.15) is 0 Å². The molecule has 0 saturated carbocycles. The van der Waals surface area contributed by atoms with Crippen molar-refractivity contribution < 1.29 is 17.9 Å². The summed E-state index contributed by atoms with van der Waals surface area (Å²) in [5.74, 6) is 0.849. The Kier molecular flexibility index (Phi) is 6.67. The molecule has 0 atom stereocenters. The number of rotatable bonds is 6. The van der Waals surface area contributed by atoms with Crippen LogP contribution in [0.3, 0.4) is 0 Å². The molecule has 8 heteroatoms. The molecule has 1 heterocycles. The van der Waals surface area contributed by atoms with E-state index in [0.29, 0.717) is 46.4 Å². The third-order valence-electron chi connectivity index (χ3n) is 5.92. The van der Waals surface area contributed by atoms with Crippen LogP contribution in [0.2, 0.25) is 5.02 Å². The number of nitrogens with one attached hydrogen (secondary N) is 1. The van der Waals surface area contributed by atoms with Gasteiger partial charge in [-0.1, -0.05) is 41.9 Å². The number of halogens is 1. The summed E-state index contributed by atoms with van der Waals surface area (Å²) in [5.41, 5.74) is 2.38. The molecule has 1 aliphatic rings. The van der Waals surface area contributed by atoms with Crippen LogP contribution in [0.25, 0.3) is 0 Å². The van der Waals surface area contributed by atoms with Gasteiger partial charge in [-0.3, -0.25) is 9.52 Å². The summed E-state index contributed by atoms with van der Waals surface area (Å²) in [6, 6.07) is 27.6. The number of sulfonamides is 1. The van der Waals surface area contributed by atoms with Crippen LogP contribution in [-0.2, 0) is 16.4 Å². The first kappa shape index (κ1) is 23.9. The fourth-order valence-corrected chi connectivity index (χ4v) is 5.41. The van der Waals surface area contributed by atoms with Gasteiger partial charge in [0.25, 0.3) is 15.9 Å². The molecule has 0 unspecified atom stereocenters. The standard InChI is InChI=1S/C28H23ClN2O4S/c29-22-14-12-20(13-15-22)28(32)31-18-6-7-21-19-24(16-17-26(21)31)36(33,34)30-25-10-4-5-11-27(25)35-23-8-2-1-3-9-23/h1-5,8-17,19,30H,6-7,18H2. The highest BCUT2D eigenvalue weighted by Crippen LogP contribution is 2.34. The van der Waals surface area contributed by atoms with Gasteiger partial charge in [-0.15, -0.1) is 0 Å². The maximum Gasteiger partial charge on any atom is 0.262 e. The Bertz CT molecular complexity index is 1510. The molecule has 1 amide bonds. The Hall–Kier alpha value is -3.81. The lowest BCUT2D eigenvalue weighted by atomic mass is 10.0. The van der Waals surface area contributed by atoms with Crippen molar-refractivity contribution in [2.24, 2.45) is 0 Å². The zero-order valence-corrected chi connectivity index (χ0v) is 20.8. The van der Waals surface area contributed by atoms with Crippen LogP contribution in [-0.4, -0.2) is 20.9 Å². The lowest BCUT2D eigenvalue weighted by Crippen LogP contribution is -2.35. The van der Waals surface area contributed by atoms with E-state index in [2.05, 4.69) is 4.72 Å². The fourth-order valence-electron chi connectivity index (χ4n) is 4.16. The van der Waals surface area contributed by atoms with Crippen LogP contribution in [0.15, 0.2) is 102 Å². The van der Waals surface area contributed by atoms with Crippen molar-refractivity contribution >= 4 is 38.9 Å². The van der Waals surface area contributed by atoms with E-state index in [1.54, 1.807) is 77.7 Å². The molecule has 0 radical (unpaired) electrons. The summed E-state index contributed by atoms with van der Waals surface area (Å²) in [6.45, 7) is 0.559. The lowest BCUT2D eigenvalue weighted by Gasteiger charge is -2.30. The third-order valence-corrected chi connectivity index (χ3v) is 7.53. The highest BCUT2D eigenvalue weighted by atomic mass is 35.5. The topological polar surface area (TPSA) is 75.7 Å². The molecule has 0 saturated heterocycles. The summed E-state index contributed by atoms with van der Waals surface area (Å²) in [4.78, 5) is 14.9. The number of nitrogens with zero attached hydrogens (tertiary/aromatic N) is 1. The second-order valence-corrected chi connectivity index (χ2v) is 10.5. The highest BCUT2D eigenvalue weighted by Gasteiger charge is 2.26. The van der Waals surface area contributed by atoms with Gasteiger partial charge in [0.05, 0.1) is 10.6 Å². The van der Waals surface area contributed by atoms with Crippen molar-refractivity contribution in [3.63, 3.8) is 0 Å². The molecule has 0 fully saturated rings. The maximum absolute atomic E-state index is 13.3. The summed E-state index contributed by atoms with van der Waals surface area (Å²) in [5, 5.41) is 0.559. The van der Waals surface area contributed by atoms with Crippen molar-refractivity contribution in [3.8, 4) is 11.5 Å². The van der Waals surface area contributed by atoms with E-state index in [0.717, 1.165) is 12.0 Å². The summed E-state index contributed by atoms with van der Waals surface area (Å²) in [6.07, 6.45) is 1.41. The Morgan fingerprint density at radius 3 is 2.39 bits per heavy atom. The SMILES string of the molecule is O=C(c1ccc(Cl)cc1)N1CCCc2cc(S(=O)(=O)Nc3ccccc3Oc3ccccc3)ccc21. The zero-order chi connectivity index (χ0) is 25.1. The van der Waals surface area contributed by atoms with E-state index in [4.69, 9.17) is 16.3 Å². The van der Waals surface area contributed by atoms with Crippen molar-refractivity contribution in [3.05, 3.63) is 113 Å². The predicted molar refractivity (Wildman–Crippen MR) is 142 cm³/mol. The number of hydrogen-bond acceptors (Lipinski definition) is 4. The van der Waals surface area contributed by atoms with Crippen LogP contribution in [0.5, 0.6) is 11.5 Å². The van der Waals surface area contributed by atoms with Crippen molar-refractivity contribution in [2.75, 3.05) is 16.2 Å². The number of carbonyl (C=O) groups is 1. The number of benzene rings is 4. The number of carbonyl (C=O) groups excluding carboxylic acids is 1. The van der Waals surface area contributed by atoms with E-state index >= 15 is 0 Å². The minimum atomic E-state index is -3.90. The molecule has 1 N–H and O–H groups in total. The maximum atomic E-state index is 13.3. The minimum absolute atomic E-state index is 0.122. The van der Waals surface area contributed by atoms with Gasteiger partial charge >= 0.3 is 0 Å². The van der Waals surface area contributed by atoms with Crippen LogP contribution < -0.4 is 14.4 Å². The van der Waals surface area contributed by atoms with Crippen molar-refractivity contribution in [2.45, 2.75) is 17.7 Å². The number of aryl methyl sites for hydroxylation is 1.